The van der Waals surface area contributed by atoms with Gasteiger partial charge in [-0.1, -0.05) is 23.8 Å². The summed E-state index contributed by atoms with van der Waals surface area (Å²) in [7, 11) is 1.95. The average Bonchev–Trinajstić information content (AvgIpc) is 2.39. The highest BCUT2D eigenvalue weighted by atomic mass is 15.2. The van der Waals surface area contributed by atoms with E-state index in [0.29, 0.717) is 12.5 Å². The SMILES string of the molecule is Cc1cccc(-c2ccnc(N(C)CCN)n2)c1. The number of benzene rings is 1. The molecule has 0 amide bonds. The van der Waals surface area contributed by atoms with Crippen LogP contribution >= 0.6 is 0 Å². The van der Waals surface area contributed by atoms with Gasteiger partial charge in [0.25, 0.3) is 0 Å². The summed E-state index contributed by atoms with van der Waals surface area (Å²) in [6, 6.07) is 10.2. The molecule has 0 radical (unpaired) electrons. The molecule has 0 spiro atoms. The third-order valence-corrected chi connectivity index (χ3v) is 2.76. The topological polar surface area (TPSA) is 55.0 Å². The number of aromatic nitrogens is 2. The largest absolute Gasteiger partial charge is 0.343 e. The quantitative estimate of drug-likeness (QED) is 0.889. The maximum atomic E-state index is 5.54. The van der Waals surface area contributed by atoms with Crippen molar-refractivity contribution in [1.82, 2.24) is 9.97 Å². The van der Waals surface area contributed by atoms with Gasteiger partial charge in [-0.15, -0.1) is 0 Å². The van der Waals surface area contributed by atoms with Gasteiger partial charge in [0.05, 0.1) is 5.69 Å². The molecule has 0 saturated carbocycles. The van der Waals surface area contributed by atoms with Gasteiger partial charge in [0, 0.05) is 31.9 Å². The van der Waals surface area contributed by atoms with Crippen molar-refractivity contribution in [3.8, 4) is 11.3 Å². The fourth-order valence-electron chi connectivity index (χ4n) is 1.79. The van der Waals surface area contributed by atoms with E-state index in [9.17, 15) is 0 Å². The van der Waals surface area contributed by atoms with E-state index in [0.717, 1.165) is 17.8 Å². The molecule has 0 atom stereocenters. The van der Waals surface area contributed by atoms with Crippen molar-refractivity contribution < 1.29 is 0 Å². The van der Waals surface area contributed by atoms with E-state index in [1.807, 2.05) is 24.1 Å². The molecule has 0 aliphatic rings. The summed E-state index contributed by atoms with van der Waals surface area (Å²) in [6.07, 6.45) is 1.78. The zero-order valence-corrected chi connectivity index (χ0v) is 10.8. The molecule has 0 aliphatic carbocycles. The first-order valence-corrected chi connectivity index (χ1v) is 6.02. The zero-order chi connectivity index (χ0) is 13.0. The fraction of sp³-hybridized carbons (Fsp3) is 0.286. The molecule has 0 fully saturated rings. The molecule has 94 valence electrons. The minimum atomic E-state index is 0.592. The Balaban J connectivity index is 2.32. The van der Waals surface area contributed by atoms with Gasteiger partial charge in [-0.2, -0.15) is 0 Å². The Morgan fingerprint density at radius 1 is 1.28 bits per heavy atom. The van der Waals surface area contributed by atoms with E-state index >= 15 is 0 Å². The Morgan fingerprint density at radius 3 is 2.83 bits per heavy atom. The van der Waals surface area contributed by atoms with Crippen molar-refractivity contribution in [2.45, 2.75) is 6.92 Å². The van der Waals surface area contributed by atoms with Crippen LogP contribution in [0, 0.1) is 6.92 Å². The van der Waals surface area contributed by atoms with Crippen molar-refractivity contribution in [2.75, 3.05) is 25.0 Å². The average molecular weight is 242 g/mol. The second-order valence-electron chi connectivity index (χ2n) is 4.32. The molecule has 2 rings (SSSR count). The predicted molar refractivity (Wildman–Crippen MR) is 74.5 cm³/mol. The van der Waals surface area contributed by atoms with Gasteiger partial charge < -0.3 is 10.6 Å². The monoisotopic (exact) mass is 242 g/mol. The van der Waals surface area contributed by atoms with E-state index in [1.54, 1.807) is 6.20 Å². The van der Waals surface area contributed by atoms with E-state index < -0.39 is 0 Å². The Bertz CT molecular complexity index is 525. The summed E-state index contributed by atoms with van der Waals surface area (Å²) in [5.74, 6) is 0.708. The molecular weight excluding hydrogens is 224 g/mol. The van der Waals surface area contributed by atoms with Gasteiger partial charge >= 0.3 is 0 Å². The second-order valence-corrected chi connectivity index (χ2v) is 4.32. The molecule has 0 unspecified atom stereocenters. The molecule has 1 heterocycles. The summed E-state index contributed by atoms with van der Waals surface area (Å²) in [4.78, 5) is 10.8. The lowest BCUT2D eigenvalue weighted by Gasteiger charge is -2.16. The zero-order valence-electron chi connectivity index (χ0n) is 10.8. The third kappa shape index (κ3) is 2.84. The number of likely N-dealkylation sites (N-methyl/N-ethyl adjacent to an activating group) is 1. The van der Waals surface area contributed by atoms with E-state index in [4.69, 9.17) is 5.73 Å². The summed E-state index contributed by atoms with van der Waals surface area (Å²) in [5.41, 5.74) is 8.81. The molecule has 4 nitrogen and oxygen atoms in total. The van der Waals surface area contributed by atoms with Crippen LogP contribution in [-0.4, -0.2) is 30.1 Å². The van der Waals surface area contributed by atoms with Gasteiger partial charge in [0.1, 0.15) is 0 Å². The molecule has 2 N–H and O–H groups in total. The lowest BCUT2D eigenvalue weighted by atomic mass is 10.1. The third-order valence-electron chi connectivity index (χ3n) is 2.76. The first-order valence-electron chi connectivity index (χ1n) is 6.02. The van der Waals surface area contributed by atoms with Gasteiger partial charge in [-0.25, -0.2) is 9.97 Å². The first-order chi connectivity index (χ1) is 8.70. The first kappa shape index (κ1) is 12.5. The van der Waals surface area contributed by atoms with Crippen LogP contribution in [0.1, 0.15) is 5.56 Å². The van der Waals surface area contributed by atoms with Crippen molar-refractivity contribution in [3.63, 3.8) is 0 Å². The van der Waals surface area contributed by atoms with Crippen molar-refractivity contribution >= 4 is 5.95 Å². The van der Waals surface area contributed by atoms with Crippen LogP contribution in [-0.2, 0) is 0 Å². The normalized spacial score (nSPS) is 10.4. The standard InChI is InChI=1S/C14H18N4/c1-11-4-3-5-12(10-11)13-6-8-16-14(17-13)18(2)9-7-15/h3-6,8,10H,7,9,15H2,1-2H3. The van der Waals surface area contributed by atoms with Crippen LogP contribution < -0.4 is 10.6 Å². The number of hydrogen-bond donors (Lipinski definition) is 1. The van der Waals surface area contributed by atoms with E-state index in [-0.39, 0.29) is 0 Å². The van der Waals surface area contributed by atoms with Crippen molar-refractivity contribution in [3.05, 3.63) is 42.1 Å². The Morgan fingerprint density at radius 2 is 2.11 bits per heavy atom. The van der Waals surface area contributed by atoms with Crippen LogP contribution in [0.15, 0.2) is 36.5 Å². The Labute approximate surface area is 107 Å². The number of anilines is 1. The molecule has 1 aromatic heterocycles. The van der Waals surface area contributed by atoms with Crippen LogP contribution in [0.4, 0.5) is 5.95 Å². The van der Waals surface area contributed by atoms with E-state index in [1.165, 1.54) is 5.56 Å². The van der Waals surface area contributed by atoms with Crippen LogP contribution in [0.25, 0.3) is 11.3 Å². The minimum absolute atomic E-state index is 0.592. The number of nitrogens with two attached hydrogens (primary N) is 1. The molecule has 4 heteroatoms. The van der Waals surface area contributed by atoms with Gasteiger partial charge in [-0.05, 0) is 19.1 Å². The molecule has 0 aliphatic heterocycles. The molecular formula is C14H18N4. The van der Waals surface area contributed by atoms with Crippen LogP contribution in [0.5, 0.6) is 0 Å². The van der Waals surface area contributed by atoms with E-state index in [2.05, 4.69) is 35.1 Å². The van der Waals surface area contributed by atoms with Gasteiger partial charge in [0.15, 0.2) is 0 Å². The summed E-state index contributed by atoms with van der Waals surface area (Å²) in [6.45, 7) is 3.41. The van der Waals surface area contributed by atoms with Crippen LogP contribution in [0.3, 0.4) is 0 Å². The number of aryl methyl sites for hydroxylation is 1. The predicted octanol–water partition coefficient (Wildman–Crippen LogP) is 1.85. The number of rotatable bonds is 4. The molecule has 18 heavy (non-hydrogen) atoms. The second kappa shape index (κ2) is 5.60. The Kier molecular flexibility index (Phi) is 3.89. The maximum absolute atomic E-state index is 5.54. The molecule has 0 bridgehead atoms. The smallest absolute Gasteiger partial charge is 0.225 e. The fourth-order valence-corrected chi connectivity index (χ4v) is 1.79. The number of hydrogen-bond acceptors (Lipinski definition) is 4. The molecule has 2 aromatic rings. The van der Waals surface area contributed by atoms with Gasteiger partial charge in [0.2, 0.25) is 5.95 Å². The lowest BCUT2D eigenvalue weighted by Crippen LogP contribution is -2.26. The number of nitrogens with zero attached hydrogens (tertiary/aromatic N) is 3. The van der Waals surface area contributed by atoms with Crippen LogP contribution in [0.2, 0.25) is 0 Å². The van der Waals surface area contributed by atoms with Crippen molar-refractivity contribution in [1.29, 1.82) is 0 Å². The maximum Gasteiger partial charge on any atom is 0.225 e. The lowest BCUT2D eigenvalue weighted by molar-refractivity contribution is 0.847. The molecule has 0 saturated heterocycles. The summed E-state index contributed by atoms with van der Waals surface area (Å²) >= 11 is 0. The highest BCUT2D eigenvalue weighted by Crippen LogP contribution is 2.19. The molecule has 1 aromatic carbocycles. The Hall–Kier alpha value is -1.94. The summed E-state index contributed by atoms with van der Waals surface area (Å²) in [5, 5.41) is 0. The highest BCUT2D eigenvalue weighted by Gasteiger charge is 2.05. The van der Waals surface area contributed by atoms with Gasteiger partial charge in [-0.3, -0.25) is 0 Å². The summed E-state index contributed by atoms with van der Waals surface area (Å²) < 4.78 is 0. The van der Waals surface area contributed by atoms with Crippen molar-refractivity contribution in [2.24, 2.45) is 5.73 Å². The highest BCUT2D eigenvalue weighted by molar-refractivity contribution is 5.60. The minimum Gasteiger partial charge on any atom is -0.343 e.